The summed E-state index contributed by atoms with van der Waals surface area (Å²) >= 11 is 20.6. The third-order valence-electron chi connectivity index (χ3n) is 9.64. The van der Waals surface area contributed by atoms with Crippen LogP contribution in [-0.2, 0) is 11.3 Å². The van der Waals surface area contributed by atoms with Crippen molar-refractivity contribution in [3.63, 3.8) is 0 Å². The van der Waals surface area contributed by atoms with Crippen LogP contribution in [-0.4, -0.2) is 55.3 Å². The monoisotopic (exact) mass is 757 g/mol. The molecule has 2 aromatic carbocycles. The number of hydrogen-bond donors (Lipinski definition) is 2. The minimum absolute atomic E-state index is 0.00208. The number of hydrogen-bond acceptors (Lipinski definition) is 7. The Bertz CT molecular complexity index is 1740. The number of ether oxygens (including phenoxy) is 1. The highest BCUT2D eigenvalue weighted by Gasteiger charge is 2.54. The number of H-pyrrole nitrogens is 1. The Morgan fingerprint density at radius 3 is 2.25 bits per heavy atom. The van der Waals surface area contributed by atoms with Gasteiger partial charge in [0.2, 0.25) is 0 Å². The molecule has 3 aromatic rings. The fraction of sp³-hybridized carbons (Fsp3) is 0.579. The zero-order valence-electron chi connectivity index (χ0n) is 30.9. The van der Waals surface area contributed by atoms with Crippen molar-refractivity contribution in [3.05, 3.63) is 67.9 Å². The number of aromatic amines is 1. The van der Waals surface area contributed by atoms with Crippen LogP contribution in [0.2, 0.25) is 15.1 Å². The molecule has 1 aromatic heterocycles. The van der Waals surface area contributed by atoms with Gasteiger partial charge in [-0.1, -0.05) is 108 Å². The van der Waals surface area contributed by atoms with Gasteiger partial charge in [0.25, 0.3) is 11.8 Å². The molecular formula is C38H50Cl3N7O3. The van der Waals surface area contributed by atoms with Gasteiger partial charge in [-0.2, -0.15) is 5.21 Å². The lowest BCUT2D eigenvalue weighted by Gasteiger charge is -2.47. The van der Waals surface area contributed by atoms with Crippen molar-refractivity contribution >= 4 is 52.3 Å². The average Bonchev–Trinajstić information content (AvgIpc) is 3.63. The molecule has 5 rings (SSSR count). The number of aromatic nitrogens is 4. The Hall–Kier alpha value is -3.21. The van der Waals surface area contributed by atoms with E-state index in [1.54, 1.807) is 18.2 Å². The van der Waals surface area contributed by atoms with Gasteiger partial charge in [0.1, 0.15) is 11.4 Å². The van der Waals surface area contributed by atoms with Gasteiger partial charge >= 0.3 is 0 Å². The van der Waals surface area contributed by atoms with Crippen LogP contribution in [0.1, 0.15) is 127 Å². The van der Waals surface area contributed by atoms with Gasteiger partial charge in [-0.3, -0.25) is 14.6 Å². The number of halogens is 3. The fourth-order valence-corrected chi connectivity index (χ4v) is 8.37. The van der Waals surface area contributed by atoms with Crippen molar-refractivity contribution in [3.8, 4) is 5.75 Å². The minimum Gasteiger partial charge on any atom is -0.490 e. The second-order valence-corrected chi connectivity index (χ2v) is 17.9. The summed E-state index contributed by atoms with van der Waals surface area (Å²) in [7, 11) is 0. The Kier molecular flexibility index (Phi) is 11.8. The molecule has 13 heteroatoms. The molecule has 2 heterocycles. The number of carbonyl (C=O) groups excluding carboxylic acids is 2. The molecule has 1 aliphatic heterocycles. The lowest BCUT2D eigenvalue weighted by atomic mass is 9.75. The number of amides is 2. The van der Waals surface area contributed by atoms with Gasteiger partial charge in [0.05, 0.1) is 34.3 Å². The van der Waals surface area contributed by atoms with Crippen LogP contribution in [0.3, 0.4) is 0 Å². The Balaban J connectivity index is 1.56. The highest BCUT2D eigenvalue weighted by Crippen LogP contribution is 2.51. The number of nitrogens with zero attached hydrogens (tertiary/aromatic N) is 5. The van der Waals surface area contributed by atoms with Crippen LogP contribution in [0.15, 0.2) is 35.3 Å². The van der Waals surface area contributed by atoms with Crippen molar-refractivity contribution in [1.82, 2.24) is 30.8 Å². The van der Waals surface area contributed by atoms with E-state index in [0.29, 0.717) is 60.4 Å². The third kappa shape index (κ3) is 9.24. The van der Waals surface area contributed by atoms with Gasteiger partial charge in [-0.05, 0) is 85.0 Å². The van der Waals surface area contributed by atoms with Crippen LogP contribution >= 0.6 is 34.8 Å². The molecule has 1 spiro atoms. The zero-order chi connectivity index (χ0) is 37.3. The molecule has 51 heavy (non-hydrogen) atoms. The molecule has 1 saturated carbocycles. The number of nitrogens with one attached hydrogen (secondary N) is 2. The summed E-state index contributed by atoms with van der Waals surface area (Å²) in [5, 5.41) is 17.2. The van der Waals surface area contributed by atoms with Crippen molar-refractivity contribution in [1.29, 1.82) is 0 Å². The summed E-state index contributed by atoms with van der Waals surface area (Å²) in [6.07, 6.45) is 4.76. The van der Waals surface area contributed by atoms with Crippen LogP contribution in [0.5, 0.6) is 5.75 Å². The van der Waals surface area contributed by atoms with Crippen LogP contribution < -0.4 is 10.1 Å². The summed E-state index contributed by atoms with van der Waals surface area (Å²) in [6, 6.07) is 8.72. The highest BCUT2D eigenvalue weighted by molar-refractivity contribution is 6.54. The minimum atomic E-state index is -0.813. The molecule has 1 fully saturated rings. The second-order valence-electron chi connectivity index (χ2n) is 16.7. The fourth-order valence-electron chi connectivity index (χ4n) is 7.32. The summed E-state index contributed by atoms with van der Waals surface area (Å²) in [5.41, 5.74) is 1.20. The first kappa shape index (κ1) is 39.0. The van der Waals surface area contributed by atoms with Gasteiger partial charge in [0, 0.05) is 11.1 Å². The summed E-state index contributed by atoms with van der Waals surface area (Å²) in [4.78, 5) is 35.4. The smallest absolute Gasteiger partial charge is 0.275 e. The Labute approximate surface area is 316 Å². The maximum Gasteiger partial charge on any atom is 0.275 e. The van der Waals surface area contributed by atoms with Crippen molar-refractivity contribution in [2.75, 3.05) is 6.61 Å². The molecule has 1 aliphatic carbocycles. The lowest BCUT2D eigenvalue weighted by molar-refractivity contribution is -0.134. The largest absolute Gasteiger partial charge is 0.490 e. The van der Waals surface area contributed by atoms with Gasteiger partial charge in [-0.15, -0.1) is 10.2 Å². The van der Waals surface area contributed by atoms with E-state index >= 15 is 4.79 Å². The van der Waals surface area contributed by atoms with E-state index in [2.05, 4.69) is 81.3 Å². The van der Waals surface area contributed by atoms with Crippen molar-refractivity contribution in [2.45, 2.75) is 112 Å². The molecule has 0 radical (unpaired) electrons. The molecule has 2 unspecified atom stereocenters. The quantitative estimate of drug-likeness (QED) is 0.201. The normalized spacial score (nSPS) is 21.6. The van der Waals surface area contributed by atoms with E-state index in [0.717, 1.165) is 24.8 Å². The summed E-state index contributed by atoms with van der Waals surface area (Å²) < 4.78 is 6.15. The van der Waals surface area contributed by atoms with Gasteiger partial charge in [-0.25, -0.2) is 0 Å². The van der Waals surface area contributed by atoms with E-state index in [1.165, 1.54) is 0 Å². The van der Waals surface area contributed by atoms with E-state index in [9.17, 15) is 4.79 Å². The Morgan fingerprint density at radius 1 is 1.02 bits per heavy atom. The number of benzene rings is 2. The highest BCUT2D eigenvalue weighted by atomic mass is 35.5. The summed E-state index contributed by atoms with van der Waals surface area (Å²) in [6.45, 7) is 18.0. The molecule has 2 aliphatic rings. The third-order valence-corrected chi connectivity index (χ3v) is 10.6. The first-order valence-electron chi connectivity index (χ1n) is 17.7. The SMILES string of the molecule is CC1CC(C)CC2(C1)N=C(c1c(Cl)cc(Cl)c(OCCC(C)(C)C)c1Cl)C(=O)N2[C@H](CCC(C)(C)C)c1ccc(C(=O)NCc2nn[nH]n2)cc1. The van der Waals surface area contributed by atoms with Crippen LogP contribution in [0.4, 0.5) is 0 Å². The van der Waals surface area contributed by atoms with E-state index in [1.807, 2.05) is 17.0 Å². The maximum absolute atomic E-state index is 15.1. The van der Waals surface area contributed by atoms with Gasteiger partial charge < -0.3 is 15.0 Å². The molecule has 276 valence electrons. The molecule has 3 atom stereocenters. The van der Waals surface area contributed by atoms with E-state index in [4.69, 9.17) is 44.5 Å². The average molecular weight is 759 g/mol. The van der Waals surface area contributed by atoms with E-state index in [-0.39, 0.29) is 56.0 Å². The predicted octanol–water partition coefficient (Wildman–Crippen LogP) is 9.26. The molecule has 0 bridgehead atoms. The molecule has 2 amide bonds. The number of aliphatic imine (C=N–C) groups is 1. The molecule has 0 saturated heterocycles. The lowest BCUT2D eigenvalue weighted by Crippen LogP contribution is -2.52. The number of rotatable bonds is 11. The topological polar surface area (TPSA) is 125 Å². The standard InChI is InChI=1S/C38H50Cl3N7O3/c1-22-17-23(2)20-38(19-22)43-32(30-26(39)18-27(40)33(31(30)41)51-16-15-37(6,7)8)35(50)48(38)28(13-14-36(3,4)5)24-9-11-25(12-10-24)34(49)42-21-29-44-46-47-45-29/h9-12,18,22-23,28H,13-17,19-21H2,1-8H3,(H,42,49)(H,44,45,46,47)/t22?,23?,28-,38?/m1/s1. The Morgan fingerprint density at radius 2 is 1.67 bits per heavy atom. The van der Waals surface area contributed by atoms with Crippen molar-refractivity contribution in [2.24, 2.45) is 27.7 Å². The van der Waals surface area contributed by atoms with Crippen LogP contribution in [0, 0.1) is 22.7 Å². The van der Waals surface area contributed by atoms with Gasteiger partial charge in [0.15, 0.2) is 11.6 Å². The number of tetrazole rings is 1. The predicted molar refractivity (Wildman–Crippen MR) is 203 cm³/mol. The number of carbonyl (C=O) groups is 2. The second kappa shape index (κ2) is 15.4. The maximum atomic E-state index is 15.1. The van der Waals surface area contributed by atoms with E-state index < -0.39 is 5.66 Å². The van der Waals surface area contributed by atoms with Crippen LogP contribution in [0.25, 0.3) is 0 Å². The first-order valence-corrected chi connectivity index (χ1v) is 18.9. The van der Waals surface area contributed by atoms with Crippen molar-refractivity contribution < 1.29 is 14.3 Å². The molecule has 2 N–H and O–H groups in total. The summed E-state index contributed by atoms with van der Waals surface area (Å²) in [5.74, 6) is 0.841. The zero-order valence-corrected chi connectivity index (χ0v) is 33.1. The molecule has 10 nitrogen and oxygen atoms in total. The molecular weight excluding hydrogens is 709 g/mol. The first-order chi connectivity index (χ1) is 23.9.